The van der Waals surface area contributed by atoms with E-state index in [1.807, 2.05) is 60.7 Å². The average Bonchev–Trinajstić information content (AvgIpc) is 2.68. The molecule has 0 saturated heterocycles. The van der Waals surface area contributed by atoms with Crippen molar-refractivity contribution in [1.29, 1.82) is 0 Å². The molecule has 0 fully saturated rings. The standard InChI is InChI=1S/C22H23NO2/c24-22(17-25-16-18-7-3-1-4-8-18)15-23-21-13-11-20(12-14-21)19-9-5-2-6-10-19/h1-14,22-24H,15-17H2. The smallest absolute Gasteiger partial charge is 0.0945 e. The minimum Gasteiger partial charge on any atom is -0.389 e. The molecule has 0 aliphatic heterocycles. The molecule has 0 spiro atoms. The highest BCUT2D eigenvalue weighted by molar-refractivity contribution is 5.65. The minimum absolute atomic E-state index is 0.310. The fourth-order valence-corrected chi connectivity index (χ4v) is 2.59. The Hall–Kier alpha value is -2.62. The number of hydrogen-bond donors (Lipinski definition) is 2. The summed E-state index contributed by atoms with van der Waals surface area (Å²) in [5.41, 5.74) is 4.47. The van der Waals surface area contributed by atoms with Gasteiger partial charge in [-0.2, -0.15) is 0 Å². The van der Waals surface area contributed by atoms with Gasteiger partial charge in [0.05, 0.1) is 19.3 Å². The molecule has 0 amide bonds. The van der Waals surface area contributed by atoms with Gasteiger partial charge in [0.25, 0.3) is 0 Å². The third-order valence-electron chi connectivity index (χ3n) is 3.96. The molecule has 0 radical (unpaired) electrons. The molecule has 0 heterocycles. The van der Waals surface area contributed by atoms with Crippen molar-refractivity contribution in [3.8, 4) is 11.1 Å². The zero-order valence-corrected chi connectivity index (χ0v) is 14.1. The Bertz CT molecular complexity index is 742. The van der Waals surface area contributed by atoms with Gasteiger partial charge in [0.15, 0.2) is 0 Å². The Labute approximate surface area is 148 Å². The Morgan fingerprint density at radius 3 is 2.04 bits per heavy atom. The van der Waals surface area contributed by atoms with Gasteiger partial charge in [-0.05, 0) is 28.8 Å². The number of aliphatic hydroxyl groups is 1. The second-order valence-electron chi connectivity index (χ2n) is 5.98. The van der Waals surface area contributed by atoms with E-state index >= 15 is 0 Å². The summed E-state index contributed by atoms with van der Waals surface area (Å²) in [5.74, 6) is 0. The number of aliphatic hydroxyl groups excluding tert-OH is 1. The van der Waals surface area contributed by atoms with Gasteiger partial charge in [0.1, 0.15) is 0 Å². The van der Waals surface area contributed by atoms with Gasteiger partial charge in [-0.25, -0.2) is 0 Å². The van der Waals surface area contributed by atoms with E-state index in [0.717, 1.165) is 11.3 Å². The second-order valence-corrected chi connectivity index (χ2v) is 5.98. The number of hydrogen-bond acceptors (Lipinski definition) is 3. The van der Waals surface area contributed by atoms with Gasteiger partial charge in [-0.1, -0.05) is 72.8 Å². The summed E-state index contributed by atoms with van der Waals surface area (Å²) in [6.45, 7) is 1.28. The van der Waals surface area contributed by atoms with Crippen LogP contribution in [0.1, 0.15) is 5.56 Å². The molecule has 3 heteroatoms. The van der Waals surface area contributed by atoms with Gasteiger partial charge in [-0.3, -0.25) is 0 Å². The molecule has 1 unspecified atom stereocenters. The number of nitrogens with one attached hydrogen (secondary N) is 1. The first-order valence-electron chi connectivity index (χ1n) is 8.50. The van der Waals surface area contributed by atoms with E-state index in [2.05, 4.69) is 29.6 Å². The van der Waals surface area contributed by atoms with Crippen LogP contribution in [0, 0.1) is 0 Å². The van der Waals surface area contributed by atoms with Crippen molar-refractivity contribution in [1.82, 2.24) is 0 Å². The molecule has 25 heavy (non-hydrogen) atoms. The lowest BCUT2D eigenvalue weighted by atomic mass is 10.1. The van der Waals surface area contributed by atoms with Crippen LogP contribution in [-0.2, 0) is 11.3 Å². The van der Waals surface area contributed by atoms with Gasteiger partial charge < -0.3 is 15.2 Å². The first kappa shape index (κ1) is 17.2. The highest BCUT2D eigenvalue weighted by Crippen LogP contribution is 2.20. The van der Waals surface area contributed by atoms with Crippen LogP contribution in [0.15, 0.2) is 84.9 Å². The molecular weight excluding hydrogens is 310 g/mol. The average molecular weight is 333 g/mol. The van der Waals surface area contributed by atoms with Crippen molar-refractivity contribution in [2.24, 2.45) is 0 Å². The molecule has 3 aromatic carbocycles. The van der Waals surface area contributed by atoms with Gasteiger partial charge in [0, 0.05) is 12.2 Å². The van der Waals surface area contributed by atoms with Crippen molar-refractivity contribution in [2.45, 2.75) is 12.7 Å². The van der Waals surface area contributed by atoms with Crippen LogP contribution in [0.3, 0.4) is 0 Å². The molecule has 2 N–H and O–H groups in total. The van der Waals surface area contributed by atoms with E-state index < -0.39 is 6.10 Å². The van der Waals surface area contributed by atoms with Crippen LogP contribution in [0.5, 0.6) is 0 Å². The van der Waals surface area contributed by atoms with Crippen LogP contribution >= 0.6 is 0 Å². The van der Waals surface area contributed by atoms with Crippen LogP contribution in [0.4, 0.5) is 5.69 Å². The summed E-state index contributed by atoms with van der Waals surface area (Å²) in [4.78, 5) is 0. The van der Waals surface area contributed by atoms with Gasteiger partial charge in [0.2, 0.25) is 0 Å². The monoisotopic (exact) mass is 333 g/mol. The first-order chi connectivity index (χ1) is 12.3. The quantitative estimate of drug-likeness (QED) is 0.644. The minimum atomic E-state index is -0.544. The van der Waals surface area contributed by atoms with E-state index in [9.17, 15) is 5.11 Å². The molecule has 3 aromatic rings. The summed E-state index contributed by atoms with van der Waals surface area (Å²) in [6.07, 6.45) is -0.544. The number of rotatable bonds is 8. The van der Waals surface area contributed by atoms with Crippen molar-refractivity contribution < 1.29 is 9.84 Å². The Balaban J connectivity index is 1.42. The Morgan fingerprint density at radius 2 is 1.36 bits per heavy atom. The summed E-state index contributed by atoms with van der Waals surface area (Å²) in [6, 6.07) is 28.5. The van der Waals surface area contributed by atoms with Crippen molar-refractivity contribution in [3.05, 3.63) is 90.5 Å². The maximum atomic E-state index is 10.0. The maximum Gasteiger partial charge on any atom is 0.0945 e. The van der Waals surface area contributed by atoms with Gasteiger partial charge in [-0.15, -0.1) is 0 Å². The third-order valence-corrected chi connectivity index (χ3v) is 3.96. The fourth-order valence-electron chi connectivity index (χ4n) is 2.59. The normalized spacial score (nSPS) is 11.9. The fraction of sp³-hybridized carbons (Fsp3) is 0.182. The molecule has 3 nitrogen and oxygen atoms in total. The van der Waals surface area contributed by atoms with Crippen LogP contribution < -0.4 is 5.32 Å². The zero-order chi connectivity index (χ0) is 17.3. The number of benzene rings is 3. The topological polar surface area (TPSA) is 41.5 Å². The van der Waals surface area contributed by atoms with Crippen molar-refractivity contribution in [3.63, 3.8) is 0 Å². The summed E-state index contributed by atoms with van der Waals surface area (Å²) >= 11 is 0. The van der Waals surface area contributed by atoms with Crippen molar-refractivity contribution >= 4 is 5.69 Å². The molecule has 0 aliphatic rings. The van der Waals surface area contributed by atoms with E-state index in [1.165, 1.54) is 11.1 Å². The Morgan fingerprint density at radius 1 is 0.760 bits per heavy atom. The zero-order valence-electron chi connectivity index (χ0n) is 14.1. The highest BCUT2D eigenvalue weighted by atomic mass is 16.5. The maximum absolute atomic E-state index is 10.0. The Kier molecular flexibility index (Phi) is 6.21. The van der Waals surface area contributed by atoms with Gasteiger partial charge >= 0.3 is 0 Å². The SMILES string of the molecule is OC(CNc1ccc(-c2ccccc2)cc1)COCc1ccccc1. The number of ether oxygens (including phenoxy) is 1. The lowest BCUT2D eigenvalue weighted by Gasteiger charge is -2.14. The predicted molar refractivity (Wildman–Crippen MR) is 102 cm³/mol. The predicted octanol–water partition coefficient (Wildman–Crippen LogP) is 4.34. The van der Waals surface area contributed by atoms with E-state index in [1.54, 1.807) is 0 Å². The third kappa shape index (κ3) is 5.45. The first-order valence-corrected chi connectivity index (χ1v) is 8.50. The number of anilines is 1. The van der Waals surface area contributed by atoms with Crippen LogP contribution in [0.2, 0.25) is 0 Å². The summed E-state index contributed by atoms with van der Waals surface area (Å²) in [5, 5.41) is 13.3. The summed E-state index contributed by atoms with van der Waals surface area (Å²) < 4.78 is 5.56. The molecule has 0 aliphatic carbocycles. The highest BCUT2D eigenvalue weighted by Gasteiger charge is 2.05. The van der Waals surface area contributed by atoms with E-state index in [4.69, 9.17) is 4.74 Å². The lowest BCUT2D eigenvalue weighted by Crippen LogP contribution is -2.24. The molecule has 0 aromatic heterocycles. The molecule has 3 rings (SSSR count). The van der Waals surface area contributed by atoms with Crippen LogP contribution in [-0.4, -0.2) is 24.4 Å². The molecule has 1 atom stereocenters. The van der Waals surface area contributed by atoms with Crippen molar-refractivity contribution in [2.75, 3.05) is 18.5 Å². The van der Waals surface area contributed by atoms with E-state index in [0.29, 0.717) is 19.8 Å². The molecule has 0 bridgehead atoms. The summed E-state index contributed by atoms with van der Waals surface area (Å²) in [7, 11) is 0. The molecular formula is C22H23NO2. The second kappa shape index (κ2) is 9.02. The van der Waals surface area contributed by atoms with Crippen LogP contribution in [0.25, 0.3) is 11.1 Å². The lowest BCUT2D eigenvalue weighted by molar-refractivity contribution is 0.0348. The molecule has 128 valence electrons. The van der Waals surface area contributed by atoms with E-state index in [-0.39, 0.29) is 0 Å². The largest absolute Gasteiger partial charge is 0.389 e. The molecule has 0 saturated carbocycles.